The first-order valence-corrected chi connectivity index (χ1v) is 7.81. The molecule has 0 aliphatic rings. The molecule has 0 spiro atoms. The van der Waals surface area contributed by atoms with Gasteiger partial charge in [-0.05, 0) is 25.2 Å². The van der Waals surface area contributed by atoms with Crippen LogP contribution in [-0.2, 0) is 16.1 Å². The molecule has 0 bridgehead atoms. The van der Waals surface area contributed by atoms with Crippen molar-refractivity contribution >= 4 is 23.2 Å². The lowest BCUT2D eigenvalue weighted by Crippen LogP contribution is -2.35. The van der Waals surface area contributed by atoms with Crippen LogP contribution in [-0.4, -0.2) is 28.1 Å². The van der Waals surface area contributed by atoms with Gasteiger partial charge in [-0.1, -0.05) is 25.2 Å². The second-order valence-corrected chi connectivity index (χ2v) is 6.45. The van der Waals surface area contributed by atoms with Crippen LogP contribution in [0.25, 0.3) is 0 Å². The van der Waals surface area contributed by atoms with E-state index in [0.29, 0.717) is 12.5 Å². The lowest BCUT2D eigenvalue weighted by atomic mass is 9.94. The summed E-state index contributed by atoms with van der Waals surface area (Å²) in [6.07, 6.45) is 0.778. The molecule has 1 rings (SSSR count). The van der Waals surface area contributed by atoms with Gasteiger partial charge in [0.1, 0.15) is 6.54 Å². The second kappa shape index (κ2) is 7.97. The maximum Gasteiger partial charge on any atom is 0.307 e. The Labute approximate surface area is 127 Å². The quantitative estimate of drug-likeness (QED) is 0.760. The second-order valence-electron chi connectivity index (χ2n) is 5.63. The zero-order chi connectivity index (χ0) is 16.0. The Morgan fingerprint density at radius 1 is 1.43 bits per heavy atom. The predicted octanol–water partition coefficient (Wildman–Crippen LogP) is 1.47. The zero-order valence-corrected chi connectivity index (χ0v) is 13.4. The van der Waals surface area contributed by atoms with E-state index < -0.39 is 5.97 Å². The number of rotatable bonds is 8. The van der Waals surface area contributed by atoms with Gasteiger partial charge >= 0.3 is 10.8 Å². The van der Waals surface area contributed by atoms with Crippen LogP contribution in [0.5, 0.6) is 0 Å². The minimum absolute atomic E-state index is 0.0182. The van der Waals surface area contributed by atoms with E-state index in [4.69, 9.17) is 5.11 Å². The van der Waals surface area contributed by atoms with E-state index >= 15 is 0 Å². The molecule has 2 N–H and O–H groups in total. The molecule has 0 saturated heterocycles. The van der Waals surface area contributed by atoms with Gasteiger partial charge in [-0.25, -0.2) is 0 Å². The number of aromatic nitrogens is 1. The third-order valence-electron chi connectivity index (χ3n) is 3.13. The Balaban J connectivity index is 2.53. The summed E-state index contributed by atoms with van der Waals surface area (Å²) in [5, 5.41) is 13.3. The number of hydrogen-bond acceptors (Lipinski definition) is 4. The third-order valence-corrected chi connectivity index (χ3v) is 4.02. The normalized spacial score (nSPS) is 12.4. The van der Waals surface area contributed by atoms with Gasteiger partial charge in [-0.3, -0.25) is 19.0 Å². The standard InChI is InChI=1S/C14H22N2O4S/c1-9(2)4-11(5-13(18)19)6-15-12(17)7-16-10(3)8-21-14(16)20/h8-9,11H,4-7H2,1-3H3,(H,15,17)(H,18,19)/t11-/m0/s1. The summed E-state index contributed by atoms with van der Waals surface area (Å²) in [6.45, 7) is 6.12. The number of hydrogen-bond donors (Lipinski definition) is 2. The van der Waals surface area contributed by atoms with Gasteiger partial charge in [0.2, 0.25) is 5.91 Å². The van der Waals surface area contributed by atoms with Crippen LogP contribution in [0.1, 0.15) is 32.4 Å². The van der Waals surface area contributed by atoms with E-state index in [-0.39, 0.29) is 29.7 Å². The van der Waals surface area contributed by atoms with Gasteiger partial charge in [0.05, 0.1) is 0 Å². The molecule has 0 radical (unpaired) electrons. The first kappa shape index (κ1) is 17.4. The number of nitrogens with one attached hydrogen (secondary N) is 1. The molecule has 0 aromatic carbocycles. The van der Waals surface area contributed by atoms with Crippen LogP contribution in [0.15, 0.2) is 10.2 Å². The SMILES string of the molecule is Cc1csc(=O)n1CC(=O)NC[C@H](CC(=O)O)CC(C)C. The molecular formula is C14H22N2O4S. The number of aryl methyl sites for hydroxylation is 1. The summed E-state index contributed by atoms with van der Waals surface area (Å²) in [5.74, 6) is -0.850. The molecule has 0 unspecified atom stereocenters. The van der Waals surface area contributed by atoms with Crippen molar-refractivity contribution in [2.45, 2.75) is 40.2 Å². The molecule has 0 aliphatic carbocycles. The fourth-order valence-corrected chi connectivity index (χ4v) is 2.94. The Morgan fingerprint density at radius 2 is 2.10 bits per heavy atom. The molecule has 1 aromatic heterocycles. The van der Waals surface area contributed by atoms with Crippen LogP contribution in [0.2, 0.25) is 0 Å². The van der Waals surface area contributed by atoms with E-state index in [2.05, 4.69) is 5.32 Å². The summed E-state index contributed by atoms with van der Waals surface area (Å²) in [7, 11) is 0. The van der Waals surface area contributed by atoms with Crippen molar-refractivity contribution < 1.29 is 14.7 Å². The fourth-order valence-electron chi connectivity index (χ4n) is 2.21. The molecule has 0 fully saturated rings. The molecule has 1 heterocycles. The number of carboxylic acid groups (broad SMARTS) is 1. The Morgan fingerprint density at radius 3 is 2.57 bits per heavy atom. The number of nitrogens with zero attached hydrogens (tertiary/aromatic N) is 1. The summed E-state index contributed by atoms with van der Waals surface area (Å²) in [5.41, 5.74) is 0.754. The number of aliphatic carboxylic acids is 1. The minimum atomic E-state index is -0.861. The average molecular weight is 314 g/mol. The van der Waals surface area contributed by atoms with Gasteiger partial charge in [0.15, 0.2) is 0 Å². The van der Waals surface area contributed by atoms with Crippen LogP contribution < -0.4 is 10.2 Å². The summed E-state index contributed by atoms with van der Waals surface area (Å²) in [6, 6.07) is 0. The van der Waals surface area contributed by atoms with Crippen molar-refractivity contribution in [1.29, 1.82) is 0 Å². The zero-order valence-electron chi connectivity index (χ0n) is 12.6. The first-order valence-electron chi connectivity index (χ1n) is 6.93. The van der Waals surface area contributed by atoms with Crippen molar-refractivity contribution in [2.24, 2.45) is 11.8 Å². The summed E-state index contributed by atoms with van der Waals surface area (Å²) < 4.78 is 1.41. The van der Waals surface area contributed by atoms with E-state index in [1.54, 1.807) is 12.3 Å². The lowest BCUT2D eigenvalue weighted by molar-refractivity contribution is -0.138. The fraction of sp³-hybridized carbons (Fsp3) is 0.643. The van der Waals surface area contributed by atoms with Crippen molar-refractivity contribution in [2.75, 3.05) is 6.54 Å². The van der Waals surface area contributed by atoms with Gasteiger partial charge in [0.25, 0.3) is 0 Å². The van der Waals surface area contributed by atoms with Crippen molar-refractivity contribution in [1.82, 2.24) is 9.88 Å². The van der Waals surface area contributed by atoms with E-state index in [9.17, 15) is 14.4 Å². The molecule has 1 atom stereocenters. The van der Waals surface area contributed by atoms with Crippen molar-refractivity contribution in [3.63, 3.8) is 0 Å². The number of carbonyl (C=O) groups excluding carboxylic acids is 1. The number of amides is 1. The maximum atomic E-state index is 11.9. The number of carbonyl (C=O) groups is 2. The van der Waals surface area contributed by atoms with E-state index in [1.165, 1.54) is 4.57 Å². The van der Waals surface area contributed by atoms with Gasteiger partial charge in [-0.2, -0.15) is 0 Å². The van der Waals surface area contributed by atoms with Gasteiger partial charge in [-0.15, -0.1) is 0 Å². The third kappa shape index (κ3) is 6.12. The largest absolute Gasteiger partial charge is 0.481 e. The van der Waals surface area contributed by atoms with Crippen LogP contribution in [0.4, 0.5) is 0 Å². The van der Waals surface area contributed by atoms with Crippen LogP contribution >= 0.6 is 11.3 Å². The highest BCUT2D eigenvalue weighted by atomic mass is 32.1. The first-order chi connectivity index (χ1) is 9.79. The highest BCUT2D eigenvalue weighted by Gasteiger charge is 2.16. The van der Waals surface area contributed by atoms with Crippen molar-refractivity contribution in [3.8, 4) is 0 Å². The number of thiazole rings is 1. The highest BCUT2D eigenvalue weighted by Crippen LogP contribution is 2.14. The number of carboxylic acids is 1. The smallest absolute Gasteiger partial charge is 0.307 e. The molecule has 7 heteroatoms. The van der Waals surface area contributed by atoms with Crippen LogP contribution in [0, 0.1) is 18.8 Å². The molecule has 1 aromatic rings. The monoisotopic (exact) mass is 314 g/mol. The lowest BCUT2D eigenvalue weighted by Gasteiger charge is -2.18. The summed E-state index contributed by atoms with van der Waals surface area (Å²) in [4.78, 5) is 34.1. The topological polar surface area (TPSA) is 88.4 Å². The molecule has 0 saturated carbocycles. The average Bonchev–Trinajstić information content (AvgIpc) is 2.66. The molecule has 21 heavy (non-hydrogen) atoms. The molecule has 0 aliphatic heterocycles. The Bertz CT molecular complexity index is 547. The van der Waals surface area contributed by atoms with E-state index in [0.717, 1.165) is 23.5 Å². The molecular weight excluding hydrogens is 292 g/mol. The van der Waals surface area contributed by atoms with Gasteiger partial charge in [0, 0.05) is 24.0 Å². The molecule has 1 amide bonds. The van der Waals surface area contributed by atoms with Crippen molar-refractivity contribution in [3.05, 3.63) is 20.7 Å². The highest BCUT2D eigenvalue weighted by molar-refractivity contribution is 7.07. The van der Waals surface area contributed by atoms with Gasteiger partial charge < -0.3 is 10.4 Å². The molecule has 6 nitrogen and oxygen atoms in total. The Hall–Kier alpha value is -1.63. The summed E-state index contributed by atoms with van der Waals surface area (Å²) >= 11 is 1.06. The Kier molecular flexibility index (Phi) is 6.61. The van der Waals surface area contributed by atoms with E-state index in [1.807, 2.05) is 13.8 Å². The minimum Gasteiger partial charge on any atom is -0.481 e. The molecule has 118 valence electrons. The predicted molar refractivity (Wildman–Crippen MR) is 81.5 cm³/mol. The maximum absolute atomic E-state index is 11.9. The van der Waals surface area contributed by atoms with Crippen LogP contribution in [0.3, 0.4) is 0 Å².